The van der Waals surface area contributed by atoms with Crippen LogP contribution in [0.1, 0.15) is 30.5 Å². The third-order valence-corrected chi connectivity index (χ3v) is 2.05. The minimum atomic E-state index is 0.442. The van der Waals surface area contributed by atoms with Gasteiger partial charge >= 0.3 is 0 Å². The molecule has 0 saturated carbocycles. The van der Waals surface area contributed by atoms with Gasteiger partial charge in [0.15, 0.2) is 0 Å². The average molecular weight is 153 g/mol. The van der Waals surface area contributed by atoms with E-state index in [1.54, 1.807) is 0 Å². The molecule has 0 bridgehead atoms. The van der Waals surface area contributed by atoms with Crippen LogP contribution in [-0.2, 0) is 0 Å². The van der Waals surface area contributed by atoms with Crippen molar-refractivity contribution in [1.82, 2.24) is 10.2 Å². The van der Waals surface area contributed by atoms with Gasteiger partial charge in [0.1, 0.15) is 0 Å². The fraction of sp³-hybridized carbons (Fsp3) is 0.625. The van der Waals surface area contributed by atoms with E-state index < -0.39 is 0 Å². The second-order valence-corrected chi connectivity index (χ2v) is 2.81. The van der Waals surface area contributed by atoms with Crippen LogP contribution in [0.15, 0.2) is 6.20 Å². The van der Waals surface area contributed by atoms with E-state index in [0.29, 0.717) is 12.5 Å². The minimum absolute atomic E-state index is 0.442. The lowest BCUT2D eigenvalue weighted by Crippen LogP contribution is -2.12. The smallest absolute Gasteiger partial charge is 0.0519 e. The standard InChI is InChI=1S/C8H15N3/c1-3-7(4-9)8-6(2)5-10-11-8/h5,7H,3-4,9H2,1-2H3,(H,10,11). The summed E-state index contributed by atoms with van der Waals surface area (Å²) in [6, 6.07) is 0. The quantitative estimate of drug-likeness (QED) is 0.685. The Kier molecular flexibility index (Phi) is 2.65. The molecule has 0 aliphatic carbocycles. The van der Waals surface area contributed by atoms with Crippen LogP contribution in [0, 0.1) is 6.92 Å². The molecule has 0 amide bonds. The predicted octanol–water partition coefficient (Wildman–Crippen LogP) is 1.17. The van der Waals surface area contributed by atoms with Crippen LogP contribution in [0.3, 0.4) is 0 Å². The molecule has 0 aliphatic rings. The number of hydrogen-bond donors (Lipinski definition) is 2. The van der Waals surface area contributed by atoms with E-state index >= 15 is 0 Å². The Balaban J connectivity index is 2.81. The summed E-state index contributed by atoms with van der Waals surface area (Å²) >= 11 is 0. The molecule has 3 heteroatoms. The van der Waals surface area contributed by atoms with Gasteiger partial charge in [-0.3, -0.25) is 5.10 Å². The fourth-order valence-corrected chi connectivity index (χ4v) is 1.26. The summed E-state index contributed by atoms with van der Waals surface area (Å²) in [7, 11) is 0. The topological polar surface area (TPSA) is 54.7 Å². The first-order valence-electron chi connectivity index (χ1n) is 3.99. The van der Waals surface area contributed by atoms with Crippen LogP contribution in [0.25, 0.3) is 0 Å². The Morgan fingerprint density at radius 1 is 1.73 bits per heavy atom. The lowest BCUT2D eigenvalue weighted by atomic mass is 10.0. The van der Waals surface area contributed by atoms with Gasteiger partial charge in [-0.1, -0.05) is 6.92 Å². The first-order chi connectivity index (χ1) is 5.29. The number of nitrogens with two attached hydrogens (primary N) is 1. The van der Waals surface area contributed by atoms with Crippen LogP contribution < -0.4 is 5.73 Å². The molecule has 0 radical (unpaired) electrons. The summed E-state index contributed by atoms with van der Waals surface area (Å²) in [4.78, 5) is 0. The van der Waals surface area contributed by atoms with Gasteiger partial charge in [-0.25, -0.2) is 0 Å². The molecule has 3 N–H and O–H groups in total. The maximum atomic E-state index is 5.60. The van der Waals surface area contributed by atoms with Crippen molar-refractivity contribution in [3.05, 3.63) is 17.5 Å². The highest BCUT2D eigenvalue weighted by Gasteiger charge is 2.10. The van der Waals surface area contributed by atoms with Crippen LogP contribution in [0.2, 0.25) is 0 Å². The van der Waals surface area contributed by atoms with Gasteiger partial charge in [0.05, 0.1) is 6.20 Å². The van der Waals surface area contributed by atoms with Gasteiger partial charge in [0, 0.05) is 18.2 Å². The van der Waals surface area contributed by atoms with E-state index in [4.69, 9.17) is 5.73 Å². The normalized spacial score (nSPS) is 13.4. The second kappa shape index (κ2) is 3.53. The molecule has 1 rings (SSSR count). The van der Waals surface area contributed by atoms with Gasteiger partial charge in [-0.2, -0.15) is 5.10 Å². The molecule has 1 unspecified atom stereocenters. The summed E-state index contributed by atoms with van der Waals surface area (Å²) in [5.41, 5.74) is 8.00. The molecular weight excluding hydrogens is 138 g/mol. The molecule has 0 aliphatic heterocycles. The van der Waals surface area contributed by atoms with Crippen molar-refractivity contribution in [1.29, 1.82) is 0 Å². The van der Waals surface area contributed by atoms with Crippen LogP contribution in [0.4, 0.5) is 0 Å². The molecule has 1 aromatic heterocycles. The molecule has 11 heavy (non-hydrogen) atoms. The fourth-order valence-electron chi connectivity index (χ4n) is 1.26. The Bertz CT molecular complexity index is 213. The maximum absolute atomic E-state index is 5.60. The number of aryl methyl sites for hydroxylation is 1. The highest BCUT2D eigenvalue weighted by molar-refractivity contribution is 5.18. The Morgan fingerprint density at radius 2 is 2.45 bits per heavy atom. The van der Waals surface area contributed by atoms with Crippen LogP contribution >= 0.6 is 0 Å². The predicted molar refractivity (Wildman–Crippen MR) is 45.4 cm³/mol. The second-order valence-electron chi connectivity index (χ2n) is 2.81. The highest BCUT2D eigenvalue weighted by Crippen LogP contribution is 2.18. The number of rotatable bonds is 3. The summed E-state index contributed by atoms with van der Waals surface area (Å²) in [6.45, 7) is 4.88. The SMILES string of the molecule is CCC(CN)c1[nH]ncc1C. The van der Waals surface area contributed by atoms with Gasteiger partial charge in [0.2, 0.25) is 0 Å². The number of nitrogens with one attached hydrogen (secondary N) is 1. The Labute approximate surface area is 67.0 Å². The number of hydrogen-bond acceptors (Lipinski definition) is 2. The third kappa shape index (κ3) is 1.60. The van der Waals surface area contributed by atoms with Crippen molar-refractivity contribution in [2.75, 3.05) is 6.54 Å². The van der Waals surface area contributed by atoms with E-state index in [0.717, 1.165) is 6.42 Å². The van der Waals surface area contributed by atoms with E-state index in [1.807, 2.05) is 6.20 Å². The minimum Gasteiger partial charge on any atom is -0.330 e. The average Bonchev–Trinajstić information content (AvgIpc) is 2.40. The molecule has 0 fully saturated rings. The molecule has 1 aromatic rings. The molecule has 3 nitrogen and oxygen atoms in total. The van der Waals surface area contributed by atoms with Crippen molar-refractivity contribution in [2.45, 2.75) is 26.2 Å². The molecule has 1 atom stereocenters. The first-order valence-corrected chi connectivity index (χ1v) is 3.99. The monoisotopic (exact) mass is 153 g/mol. The lowest BCUT2D eigenvalue weighted by molar-refractivity contribution is 0.648. The van der Waals surface area contributed by atoms with Crippen LogP contribution in [-0.4, -0.2) is 16.7 Å². The van der Waals surface area contributed by atoms with Crippen molar-refractivity contribution >= 4 is 0 Å². The zero-order valence-electron chi connectivity index (χ0n) is 7.09. The van der Waals surface area contributed by atoms with Crippen molar-refractivity contribution in [3.63, 3.8) is 0 Å². The van der Waals surface area contributed by atoms with E-state index in [1.165, 1.54) is 11.3 Å². The molecule has 0 saturated heterocycles. The zero-order valence-corrected chi connectivity index (χ0v) is 7.09. The number of H-pyrrole nitrogens is 1. The molecule has 0 spiro atoms. The Morgan fingerprint density at radius 3 is 2.82 bits per heavy atom. The van der Waals surface area contributed by atoms with Crippen LogP contribution in [0.5, 0.6) is 0 Å². The highest BCUT2D eigenvalue weighted by atomic mass is 15.1. The molecule has 0 aromatic carbocycles. The number of aromatic nitrogens is 2. The van der Waals surface area contributed by atoms with E-state index in [-0.39, 0.29) is 0 Å². The summed E-state index contributed by atoms with van der Waals surface area (Å²) in [6.07, 6.45) is 2.91. The lowest BCUT2D eigenvalue weighted by Gasteiger charge is -2.09. The molecule has 1 heterocycles. The Hall–Kier alpha value is -0.830. The first kappa shape index (κ1) is 8.27. The summed E-state index contributed by atoms with van der Waals surface area (Å²) in [5.74, 6) is 0.442. The van der Waals surface area contributed by atoms with E-state index in [9.17, 15) is 0 Å². The summed E-state index contributed by atoms with van der Waals surface area (Å²) in [5, 5.41) is 6.94. The number of nitrogens with zero attached hydrogens (tertiary/aromatic N) is 1. The summed E-state index contributed by atoms with van der Waals surface area (Å²) < 4.78 is 0. The number of aromatic amines is 1. The maximum Gasteiger partial charge on any atom is 0.0519 e. The van der Waals surface area contributed by atoms with Gasteiger partial charge < -0.3 is 5.73 Å². The van der Waals surface area contributed by atoms with Crippen molar-refractivity contribution in [3.8, 4) is 0 Å². The van der Waals surface area contributed by atoms with Crippen molar-refractivity contribution < 1.29 is 0 Å². The van der Waals surface area contributed by atoms with Gasteiger partial charge in [-0.05, 0) is 18.9 Å². The van der Waals surface area contributed by atoms with Gasteiger partial charge in [-0.15, -0.1) is 0 Å². The van der Waals surface area contributed by atoms with Gasteiger partial charge in [0.25, 0.3) is 0 Å². The third-order valence-electron chi connectivity index (χ3n) is 2.05. The largest absolute Gasteiger partial charge is 0.330 e. The molecular formula is C8H15N3. The molecule has 62 valence electrons. The van der Waals surface area contributed by atoms with Crippen molar-refractivity contribution in [2.24, 2.45) is 5.73 Å². The van der Waals surface area contributed by atoms with E-state index in [2.05, 4.69) is 24.0 Å². The zero-order chi connectivity index (χ0) is 8.27.